The molecular formula is C13H17NO3. The lowest BCUT2D eigenvalue weighted by Gasteiger charge is -2.44. The molecule has 2 rings (SSSR count). The van der Waals surface area contributed by atoms with Gasteiger partial charge in [0.2, 0.25) is 0 Å². The molecule has 0 amide bonds. The average Bonchev–Trinajstić information content (AvgIpc) is 2.24. The molecule has 0 aromatic heterocycles. The van der Waals surface area contributed by atoms with Gasteiger partial charge in [-0.2, -0.15) is 0 Å². The number of phenolic OH excluding ortho intramolecular Hbond substituents is 1. The molecule has 1 saturated carbocycles. The van der Waals surface area contributed by atoms with Gasteiger partial charge in [-0.1, -0.05) is 24.6 Å². The minimum absolute atomic E-state index is 0.135. The Kier molecular flexibility index (Phi) is 3.07. The van der Waals surface area contributed by atoms with Crippen LogP contribution in [0.5, 0.6) is 5.75 Å². The van der Waals surface area contributed by atoms with Crippen LogP contribution >= 0.6 is 0 Å². The van der Waals surface area contributed by atoms with Gasteiger partial charge in [-0.3, -0.25) is 4.79 Å². The summed E-state index contributed by atoms with van der Waals surface area (Å²) in [4.78, 5) is 11.5. The number of carboxylic acid groups (broad SMARTS) is 1. The maximum atomic E-state index is 11.5. The standard InChI is InChI=1S/C13H17NO3/c14-8-10(9-4-1-2-5-11(9)15)13(12(16)17)6-3-7-13/h1-2,4-5,10,15H,3,6-8,14H2,(H,16,17). The summed E-state index contributed by atoms with van der Waals surface area (Å²) in [6.07, 6.45) is 2.19. The largest absolute Gasteiger partial charge is 0.508 e. The molecular weight excluding hydrogens is 218 g/mol. The highest BCUT2D eigenvalue weighted by atomic mass is 16.4. The van der Waals surface area contributed by atoms with E-state index in [9.17, 15) is 15.0 Å². The summed E-state index contributed by atoms with van der Waals surface area (Å²) in [5.74, 6) is -0.979. The number of carboxylic acids is 1. The molecule has 4 heteroatoms. The van der Waals surface area contributed by atoms with Crippen molar-refractivity contribution in [3.8, 4) is 5.75 Å². The van der Waals surface area contributed by atoms with E-state index in [1.54, 1.807) is 24.3 Å². The van der Waals surface area contributed by atoms with Crippen LogP contribution in [0.2, 0.25) is 0 Å². The zero-order valence-corrected chi connectivity index (χ0v) is 9.60. The van der Waals surface area contributed by atoms with Gasteiger partial charge in [0, 0.05) is 12.5 Å². The molecule has 1 aliphatic carbocycles. The summed E-state index contributed by atoms with van der Waals surface area (Å²) in [6.45, 7) is 0.240. The first kappa shape index (κ1) is 11.9. The number of benzene rings is 1. The number of phenols is 1. The number of para-hydroxylation sites is 1. The Balaban J connectivity index is 2.40. The van der Waals surface area contributed by atoms with Crippen LogP contribution in [0.1, 0.15) is 30.7 Å². The molecule has 0 radical (unpaired) electrons. The zero-order valence-electron chi connectivity index (χ0n) is 9.60. The van der Waals surface area contributed by atoms with Crippen molar-refractivity contribution in [2.45, 2.75) is 25.2 Å². The van der Waals surface area contributed by atoms with Gasteiger partial charge in [-0.25, -0.2) is 0 Å². The Bertz CT molecular complexity index is 426. The van der Waals surface area contributed by atoms with Crippen molar-refractivity contribution < 1.29 is 15.0 Å². The van der Waals surface area contributed by atoms with Crippen molar-refractivity contribution in [2.75, 3.05) is 6.54 Å². The Morgan fingerprint density at radius 3 is 2.47 bits per heavy atom. The van der Waals surface area contributed by atoms with Crippen molar-refractivity contribution in [1.29, 1.82) is 0 Å². The molecule has 1 aliphatic rings. The lowest BCUT2D eigenvalue weighted by Crippen LogP contribution is -2.45. The lowest BCUT2D eigenvalue weighted by atomic mass is 9.59. The van der Waals surface area contributed by atoms with Gasteiger partial charge in [0.05, 0.1) is 5.41 Å². The molecule has 0 spiro atoms. The molecule has 1 fully saturated rings. The molecule has 4 nitrogen and oxygen atoms in total. The number of aromatic hydroxyl groups is 1. The minimum Gasteiger partial charge on any atom is -0.508 e. The molecule has 17 heavy (non-hydrogen) atoms. The van der Waals surface area contributed by atoms with Crippen LogP contribution in [-0.4, -0.2) is 22.7 Å². The summed E-state index contributed by atoms with van der Waals surface area (Å²) in [5, 5.41) is 19.2. The topological polar surface area (TPSA) is 83.5 Å². The Labute approximate surface area is 100 Å². The first-order valence-corrected chi connectivity index (χ1v) is 5.83. The Morgan fingerprint density at radius 1 is 1.41 bits per heavy atom. The molecule has 1 aromatic rings. The van der Waals surface area contributed by atoms with Crippen LogP contribution in [0, 0.1) is 5.41 Å². The number of hydrogen-bond acceptors (Lipinski definition) is 3. The van der Waals surface area contributed by atoms with Gasteiger partial charge in [-0.15, -0.1) is 0 Å². The second-order valence-electron chi connectivity index (χ2n) is 4.66. The average molecular weight is 235 g/mol. The maximum Gasteiger partial charge on any atom is 0.310 e. The number of hydrogen-bond donors (Lipinski definition) is 3. The minimum atomic E-state index is -0.803. The number of nitrogens with two attached hydrogens (primary N) is 1. The van der Waals surface area contributed by atoms with Crippen LogP contribution in [0.25, 0.3) is 0 Å². The van der Waals surface area contributed by atoms with Gasteiger partial charge < -0.3 is 15.9 Å². The van der Waals surface area contributed by atoms with Crippen molar-refractivity contribution >= 4 is 5.97 Å². The predicted molar refractivity (Wildman–Crippen MR) is 63.8 cm³/mol. The molecule has 1 aromatic carbocycles. The fraction of sp³-hybridized carbons (Fsp3) is 0.462. The third-order valence-corrected chi connectivity index (χ3v) is 3.89. The van der Waals surface area contributed by atoms with Gasteiger partial charge in [0.25, 0.3) is 0 Å². The summed E-state index contributed by atoms with van der Waals surface area (Å²) >= 11 is 0. The molecule has 1 unspecified atom stereocenters. The van der Waals surface area contributed by atoms with Crippen molar-refractivity contribution in [1.82, 2.24) is 0 Å². The summed E-state index contributed by atoms with van der Waals surface area (Å²) in [5.41, 5.74) is 5.60. The second kappa shape index (κ2) is 4.37. The molecule has 0 saturated heterocycles. The smallest absolute Gasteiger partial charge is 0.310 e. The fourth-order valence-corrected chi connectivity index (χ4v) is 2.70. The van der Waals surface area contributed by atoms with E-state index in [0.717, 1.165) is 6.42 Å². The maximum absolute atomic E-state index is 11.5. The van der Waals surface area contributed by atoms with E-state index in [4.69, 9.17) is 5.73 Å². The summed E-state index contributed by atoms with van der Waals surface area (Å²) < 4.78 is 0. The molecule has 92 valence electrons. The van der Waals surface area contributed by atoms with Crippen molar-refractivity contribution in [3.05, 3.63) is 29.8 Å². The van der Waals surface area contributed by atoms with Crippen LogP contribution < -0.4 is 5.73 Å². The third kappa shape index (κ3) is 1.78. The van der Waals surface area contributed by atoms with E-state index in [0.29, 0.717) is 18.4 Å². The highest BCUT2D eigenvalue weighted by Gasteiger charge is 2.51. The zero-order chi connectivity index (χ0) is 12.5. The third-order valence-electron chi connectivity index (χ3n) is 3.89. The molecule has 1 atom stereocenters. The van der Waals surface area contributed by atoms with E-state index >= 15 is 0 Å². The highest BCUT2D eigenvalue weighted by Crippen LogP contribution is 2.52. The van der Waals surface area contributed by atoms with Gasteiger partial charge in [-0.05, 0) is 24.5 Å². The van der Waals surface area contributed by atoms with Crippen molar-refractivity contribution in [3.63, 3.8) is 0 Å². The van der Waals surface area contributed by atoms with E-state index in [1.807, 2.05) is 0 Å². The SMILES string of the molecule is NCC(c1ccccc1O)C1(C(=O)O)CCC1. The molecule has 4 N–H and O–H groups in total. The Hall–Kier alpha value is -1.55. The van der Waals surface area contributed by atoms with E-state index in [-0.39, 0.29) is 18.2 Å². The van der Waals surface area contributed by atoms with E-state index < -0.39 is 11.4 Å². The van der Waals surface area contributed by atoms with Crippen molar-refractivity contribution in [2.24, 2.45) is 11.1 Å². The Morgan fingerprint density at radius 2 is 2.06 bits per heavy atom. The van der Waals surface area contributed by atoms with Crippen LogP contribution in [0.4, 0.5) is 0 Å². The highest BCUT2D eigenvalue weighted by molar-refractivity contribution is 5.77. The molecule has 0 heterocycles. The fourth-order valence-electron chi connectivity index (χ4n) is 2.70. The predicted octanol–water partition coefficient (Wildman–Crippen LogP) is 1.69. The van der Waals surface area contributed by atoms with Gasteiger partial charge in [0.1, 0.15) is 5.75 Å². The normalized spacial score (nSPS) is 19.4. The first-order valence-electron chi connectivity index (χ1n) is 5.83. The van der Waals surface area contributed by atoms with Crippen LogP contribution in [0.15, 0.2) is 24.3 Å². The quantitative estimate of drug-likeness (QED) is 0.741. The second-order valence-corrected chi connectivity index (χ2v) is 4.66. The molecule has 0 bridgehead atoms. The lowest BCUT2D eigenvalue weighted by molar-refractivity contribution is -0.156. The van der Waals surface area contributed by atoms with Crippen LogP contribution in [0.3, 0.4) is 0 Å². The monoisotopic (exact) mass is 235 g/mol. The number of carbonyl (C=O) groups is 1. The summed E-state index contributed by atoms with van der Waals surface area (Å²) in [6, 6.07) is 6.86. The van der Waals surface area contributed by atoms with Gasteiger partial charge >= 0.3 is 5.97 Å². The first-order chi connectivity index (χ1) is 8.12. The molecule has 0 aliphatic heterocycles. The van der Waals surface area contributed by atoms with Gasteiger partial charge in [0.15, 0.2) is 0 Å². The van der Waals surface area contributed by atoms with E-state index in [1.165, 1.54) is 0 Å². The van der Waals surface area contributed by atoms with Crippen LogP contribution in [-0.2, 0) is 4.79 Å². The van der Waals surface area contributed by atoms with E-state index in [2.05, 4.69) is 0 Å². The number of aliphatic carboxylic acids is 1. The summed E-state index contributed by atoms with van der Waals surface area (Å²) in [7, 11) is 0. The number of rotatable bonds is 4.